The number of benzene rings is 1. The topological polar surface area (TPSA) is 105 Å². The van der Waals surface area contributed by atoms with Gasteiger partial charge < -0.3 is 5.32 Å². The van der Waals surface area contributed by atoms with E-state index >= 15 is 0 Å². The van der Waals surface area contributed by atoms with Crippen molar-refractivity contribution in [1.82, 2.24) is 15.1 Å². The third kappa shape index (κ3) is 4.39. The first-order chi connectivity index (χ1) is 14.9. The monoisotopic (exact) mass is 462 g/mol. The minimum Gasteiger partial charge on any atom is -0.338 e. The second kappa shape index (κ2) is 7.66. The van der Waals surface area contributed by atoms with Crippen molar-refractivity contribution in [2.24, 2.45) is 13.0 Å². The largest absolute Gasteiger partial charge is 0.338 e. The van der Waals surface area contributed by atoms with E-state index in [2.05, 4.69) is 16.5 Å². The van der Waals surface area contributed by atoms with Gasteiger partial charge in [0.25, 0.3) is 0 Å². The van der Waals surface area contributed by atoms with Crippen LogP contribution >= 0.6 is 0 Å². The van der Waals surface area contributed by atoms with Gasteiger partial charge in [0.05, 0.1) is 22.6 Å². The number of halogens is 2. The van der Waals surface area contributed by atoms with E-state index in [1.54, 1.807) is 30.1 Å². The van der Waals surface area contributed by atoms with Crippen LogP contribution < -0.4 is 5.32 Å². The fraction of sp³-hybridized carbons (Fsp3) is 0.500. The molecule has 2 aliphatic rings. The van der Waals surface area contributed by atoms with Gasteiger partial charge >= 0.3 is 0 Å². The van der Waals surface area contributed by atoms with Crippen molar-refractivity contribution < 1.29 is 22.0 Å². The number of alkyl halides is 2. The van der Waals surface area contributed by atoms with Gasteiger partial charge in [0.1, 0.15) is 5.54 Å². The van der Waals surface area contributed by atoms with Gasteiger partial charge in [-0.3, -0.25) is 9.48 Å². The number of carbonyl (C=O) groups excluding carboxylic acids is 1. The summed E-state index contributed by atoms with van der Waals surface area (Å²) in [5.41, 5.74) is 0.940. The van der Waals surface area contributed by atoms with E-state index in [-0.39, 0.29) is 17.7 Å². The maximum Gasteiger partial charge on any atom is 0.249 e. The number of hydrogen-bond acceptors (Lipinski definition) is 5. The molecule has 0 radical (unpaired) electrons. The third-order valence-electron chi connectivity index (χ3n) is 6.29. The van der Waals surface area contributed by atoms with Gasteiger partial charge in [-0.15, -0.1) is 0 Å². The molecule has 170 valence electrons. The lowest BCUT2D eigenvalue weighted by Gasteiger charge is -2.35. The Morgan fingerprint density at radius 1 is 1.25 bits per heavy atom. The minimum absolute atomic E-state index is 0.0794. The van der Waals surface area contributed by atoms with Crippen LogP contribution in [0.3, 0.4) is 0 Å². The van der Waals surface area contributed by atoms with Gasteiger partial charge in [-0.2, -0.15) is 10.4 Å². The van der Waals surface area contributed by atoms with Crippen molar-refractivity contribution in [3.63, 3.8) is 0 Å². The molecule has 0 bridgehead atoms. The minimum atomic E-state index is -3.36. The smallest absolute Gasteiger partial charge is 0.249 e. The molecule has 10 heteroatoms. The first-order valence-corrected chi connectivity index (χ1v) is 12.3. The van der Waals surface area contributed by atoms with E-state index in [0.717, 1.165) is 6.26 Å². The van der Waals surface area contributed by atoms with Crippen molar-refractivity contribution in [3.05, 3.63) is 36.2 Å². The molecule has 0 saturated heterocycles. The van der Waals surface area contributed by atoms with Crippen LogP contribution in [-0.2, 0) is 21.7 Å². The van der Waals surface area contributed by atoms with Crippen LogP contribution in [0, 0.1) is 17.2 Å². The van der Waals surface area contributed by atoms with E-state index in [0.29, 0.717) is 29.7 Å². The highest BCUT2D eigenvalue weighted by Crippen LogP contribution is 2.47. The van der Waals surface area contributed by atoms with Gasteiger partial charge in [0.2, 0.25) is 11.8 Å². The average molecular weight is 463 g/mol. The Kier molecular flexibility index (Phi) is 5.36. The zero-order valence-corrected chi connectivity index (χ0v) is 18.6. The Bertz CT molecular complexity index is 1190. The molecule has 2 fully saturated rings. The molecule has 1 heterocycles. The second-order valence-corrected chi connectivity index (χ2v) is 10.9. The number of nitrogens with one attached hydrogen (secondary N) is 1. The summed E-state index contributed by atoms with van der Waals surface area (Å²) in [6.45, 7) is 0. The number of sulfone groups is 1. The Morgan fingerprint density at radius 3 is 2.47 bits per heavy atom. The Balaban J connectivity index is 1.70. The first-order valence-electron chi connectivity index (χ1n) is 10.4. The van der Waals surface area contributed by atoms with Crippen molar-refractivity contribution in [1.29, 1.82) is 5.26 Å². The Hall–Kier alpha value is -2.80. The summed E-state index contributed by atoms with van der Waals surface area (Å²) in [6.07, 6.45) is 3.02. The maximum absolute atomic E-state index is 14.3. The second-order valence-electron chi connectivity index (χ2n) is 8.89. The van der Waals surface area contributed by atoms with Crippen molar-refractivity contribution in [2.45, 2.75) is 54.4 Å². The number of carbonyl (C=O) groups is 1. The highest BCUT2D eigenvalue weighted by molar-refractivity contribution is 7.90. The average Bonchev–Trinajstić information content (AvgIpc) is 3.39. The predicted molar refractivity (Wildman–Crippen MR) is 113 cm³/mol. The molecule has 32 heavy (non-hydrogen) atoms. The molecule has 2 aliphatic carbocycles. The summed E-state index contributed by atoms with van der Waals surface area (Å²) in [5.74, 6) is -5.07. The van der Waals surface area contributed by atoms with Crippen LogP contribution in [0.2, 0.25) is 0 Å². The highest BCUT2D eigenvalue weighted by atomic mass is 32.2. The lowest BCUT2D eigenvalue weighted by atomic mass is 9.74. The Labute approximate surface area is 185 Å². The SMILES string of the molecule is Cn1cc(-c2ccc(S(C)(=O)=O)cc2)c([C@@H]2CCC(F)(F)C[C@H]2C(=O)NC2(C#N)CC2)n1. The van der Waals surface area contributed by atoms with Crippen molar-refractivity contribution in [3.8, 4) is 17.2 Å². The van der Waals surface area contributed by atoms with E-state index in [1.807, 2.05) is 0 Å². The summed E-state index contributed by atoms with van der Waals surface area (Å²) < 4.78 is 53.7. The van der Waals surface area contributed by atoms with Crippen LogP contribution in [-0.4, -0.2) is 41.8 Å². The normalized spacial score (nSPS) is 23.8. The van der Waals surface area contributed by atoms with Crippen LogP contribution in [0.5, 0.6) is 0 Å². The molecule has 2 aromatic rings. The lowest BCUT2D eigenvalue weighted by Crippen LogP contribution is -2.45. The molecule has 7 nitrogen and oxygen atoms in total. The molecule has 2 saturated carbocycles. The van der Waals surface area contributed by atoms with E-state index in [4.69, 9.17) is 0 Å². The summed E-state index contributed by atoms with van der Waals surface area (Å²) in [4.78, 5) is 13.2. The molecular weight excluding hydrogens is 438 g/mol. The number of aryl methyl sites for hydroxylation is 1. The summed E-state index contributed by atoms with van der Waals surface area (Å²) in [6, 6.07) is 8.35. The standard InChI is InChI=1S/C22H24F2N4O3S/c1-28-12-18(14-3-5-15(6-4-14)32(2,30)31)19(27-28)16-7-8-22(23,24)11-17(16)20(29)26-21(13-25)9-10-21/h3-6,12,16-17H,7-11H2,1-2H3,(H,26,29)/t16-,17-/m1/s1. The molecule has 0 aliphatic heterocycles. The number of hydrogen-bond donors (Lipinski definition) is 1. The molecular formula is C22H24F2N4O3S. The van der Waals surface area contributed by atoms with Crippen molar-refractivity contribution >= 4 is 15.7 Å². The van der Waals surface area contributed by atoms with E-state index < -0.39 is 45.5 Å². The number of amides is 1. The molecule has 4 rings (SSSR count). The fourth-order valence-corrected chi connectivity index (χ4v) is 4.97. The first kappa shape index (κ1) is 22.4. The third-order valence-corrected chi connectivity index (χ3v) is 7.42. The predicted octanol–water partition coefficient (Wildman–Crippen LogP) is 3.18. The summed E-state index contributed by atoms with van der Waals surface area (Å²) >= 11 is 0. The van der Waals surface area contributed by atoms with E-state index in [9.17, 15) is 27.3 Å². The number of nitrogens with zero attached hydrogens (tertiary/aromatic N) is 3. The molecule has 1 aromatic carbocycles. The van der Waals surface area contributed by atoms with Gasteiger partial charge in [-0.25, -0.2) is 17.2 Å². The quantitative estimate of drug-likeness (QED) is 0.735. The highest BCUT2D eigenvalue weighted by Gasteiger charge is 2.50. The van der Waals surface area contributed by atoms with Crippen LogP contribution in [0.15, 0.2) is 35.4 Å². The summed E-state index contributed by atoms with van der Waals surface area (Å²) in [7, 11) is -1.65. The fourth-order valence-electron chi connectivity index (χ4n) is 4.34. The number of rotatable bonds is 5. The number of aromatic nitrogens is 2. The van der Waals surface area contributed by atoms with Crippen molar-refractivity contribution in [2.75, 3.05) is 6.26 Å². The van der Waals surface area contributed by atoms with Crippen LogP contribution in [0.25, 0.3) is 11.1 Å². The molecule has 1 N–H and O–H groups in total. The van der Waals surface area contributed by atoms with Crippen LogP contribution in [0.4, 0.5) is 8.78 Å². The van der Waals surface area contributed by atoms with Gasteiger partial charge in [0.15, 0.2) is 9.84 Å². The Morgan fingerprint density at radius 2 is 1.91 bits per heavy atom. The zero-order chi connectivity index (χ0) is 23.3. The molecule has 2 atom stereocenters. The summed E-state index contributed by atoms with van der Waals surface area (Å²) in [5, 5.41) is 16.5. The van der Waals surface area contributed by atoms with Gasteiger partial charge in [-0.1, -0.05) is 12.1 Å². The van der Waals surface area contributed by atoms with Gasteiger partial charge in [0, 0.05) is 43.8 Å². The molecule has 0 spiro atoms. The van der Waals surface area contributed by atoms with Gasteiger partial charge in [-0.05, 0) is 37.0 Å². The molecule has 1 aromatic heterocycles. The zero-order valence-electron chi connectivity index (χ0n) is 17.8. The molecule has 0 unspecified atom stereocenters. The lowest BCUT2D eigenvalue weighted by molar-refractivity contribution is -0.134. The van der Waals surface area contributed by atoms with Crippen LogP contribution in [0.1, 0.15) is 43.7 Å². The van der Waals surface area contributed by atoms with E-state index in [1.165, 1.54) is 12.1 Å². The number of nitriles is 1. The molecule has 1 amide bonds. The maximum atomic E-state index is 14.3.